The molecule has 0 unspecified atom stereocenters. The predicted octanol–water partition coefficient (Wildman–Crippen LogP) is -0.292. The van der Waals surface area contributed by atoms with Crippen LogP contribution in [0, 0.1) is 0 Å². The molecule has 0 aromatic heterocycles. The van der Waals surface area contributed by atoms with Gasteiger partial charge < -0.3 is 57.2 Å². The van der Waals surface area contributed by atoms with Crippen molar-refractivity contribution in [3.8, 4) is 0 Å². The van der Waals surface area contributed by atoms with Gasteiger partial charge in [0.05, 0.1) is 152 Å². The van der Waals surface area contributed by atoms with E-state index in [1.807, 2.05) is 0 Å². The molecule has 0 fully saturated rings. The van der Waals surface area contributed by atoms with Crippen LogP contribution in [-0.4, -0.2) is 157 Å². The van der Waals surface area contributed by atoms with E-state index in [2.05, 4.69) is 4.74 Å². The maximum absolute atomic E-state index is 10.9. The number of methoxy groups -OCH3 is 1. The van der Waals surface area contributed by atoms with Crippen molar-refractivity contribution in [2.24, 2.45) is 0 Å². The van der Waals surface area contributed by atoms with Gasteiger partial charge in [0.2, 0.25) is 0 Å². The lowest BCUT2D eigenvalue weighted by Crippen LogP contribution is -2.15. The van der Waals surface area contributed by atoms with Crippen molar-refractivity contribution in [2.45, 2.75) is 6.42 Å². The topological polar surface area (TPSA) is 139 Å². The fourth-order valence-corrected chi connectivity index (χ4v) is 2.40. The van der Waals surface area contributed by atoms with Crippen molar-refractivity contribution < 1.29 is 62.0 Å². The second-order valence-corrected chi connectivity index (χ2v) is 7.17. The van der Waals surface area contributed by atoms with Crippen LogP contribution in [0.3, 0.4) is 0 Å². The standard InChI is InChI=1S/C24H48O13/c1-27-24(26)2-4-28-6-8-30-10-12-32-14-16-34-18-20-36-22-23-37-21-19-35-17-15-33-13-11-31-9-7-29-5-3-25/h25H,2-23H2,1H3. The summed E-state index contributed by atoms with van der Waals surface area (Å²) in [5.41, 5.74) is 0. The maximum atomic E-state index is 10.9. The molecule has 0 aromatic carbocycles. The molecule has 1 N–H and O–H groups in total. The van der Waals surface area contributed by atoms with E-state index in [0.29, 0.717) is 132 Å². The molecule has 0 radical (unpaired) electrons. The zero-order chi connectivity index (χ0) is 26.9. The highest BCUT2D eigenvalue weighted by molar-refractivity contribution is 5.69. The summed E-state index contributed by atoms with van der Waals surface area (Å²) in [6.45, 7) is 9.45. The molecule has 222 valence electrons. The van der Waals surface area contributed by atoms with Crippen molar-refractivity contribution >= 4 is 5.97 Å². The van der Waals surface area contributed by atoms with Crippen LogP contribution >= 0.6 is 0 Å². The first kappa shape index (κ1) is 36.0. The van der Waals surface area contributed by atoms with E-state index in [1.165, 1.54) is 7.11 Å². The van der Waals surface area contributed by atoms with Gasteiger partial charge in [0.15, 0.2) is 0 Å². The van der Waals surface area contributed by atoms with Crippen LogP contribution in [-0.2, 0) is 56.9 Å². The quantitative estimate of drug-likeness (QED) is 0.0877. The predicted molar refractivity (Wildman–Crippen MR) is 132 cm³/mol. The van der Waals surface area contributed by atoms with Crippen LogP contribution in [0.1, 0.15) is 6.42 Å². The van der Waals surface area contributed by atoms with E-state index < -0.39 is 0 Å². The first-order valence-electron chi connectivity index (χ1n) is 12.8. The molecule has 0 heterocycles. The summed E-state index contributed by atoms with van der Waals surface area (Å²) in [5.74, 6) is -0.286. The van der Waals surface area contributed by atoms with E-state index in [4.69, 9.17) is 52.5 Å². The lowest BCUT2D eigenvalue weighted by molar-refractivity contribution is -0.141. The van der Waals surface area contributed by atoms with Crippen molar-refractivity contribution in [3.05, 3.63) is 0 Å². The Hall–Kier alpha value is -0.970. The molecule has 37 heavy (non-hydrogen) atoms. The summed E-state index contributed by atoms with van der Waals surface area (Å²) in [7, 11) is 1.35. The smallest absolute Gasteiger partial charge is 0.307 e. The van der Waals surface area contributed by atoms with Gasteiger partial charge in [-0.05, 0) is 0 Å². The molecule has 0 bridgehead atoms. The Labute approximate surface area is 220 Å². The third-order valence-electron chi connectivity index (χ3n) is 4.26. The Morgan fingerprint density at radius 2 is 0.622 bits per heavy atom. The van der Waals surface area contributed by atoms with Crippen molar-refractivity contribution in [2.75, 3.05) is 146 Å². The molecule has 13 nitrogen and oxygen atoms in total. The van der Waals surface area contributed by atoms with Gasteiger partial charge in [0.25, 0.3) is 0 Å². The van der Waals surface area contributed by atoms with Gasteiger partial charge >= 0.3 is 5.97 Å². The van der Waals surface area contributed by atoms with Crippen LogP contribution < -0.4 is 0 Å². The number of ether oxygens (including phenoxy) is 11. The SMILES string of the molecule is COC(=O)CCOCCOCCOCCOCCOCCOCCOCCOCCOCCOCCO. The molecule has 0 aromatic rings. The van der Waals surface area contributed by atoms with Gasteiger partial charge in [-0.25, -0.2) is 0 Å². The summed E-state index contributed by atoms with van der Waals surface area (Å²) in [6.07, 6.45) is 0.245. The van der Waals surface area contributed by atoms with Gasteiger partial charge in [0.1, 0.15) is 0 Å². The summed E-state index contributed by atoms with van der Waals surface area (Å²) in [4.78, 5) is 10.9. The first-order chi connectivity index (χ1) is 18.3. The third kappa shape index (κ3) is 33.0. The van der Waals surface area contributed by atoms with Crippen molar-refractivity contribution in [1.82, 2.24) is 0 Å². The highest BCUT2D eigenvalue weighted by Crippen LogP contribution is 1.88. The van der Waals surface area contributed by atoms with E-state index in [0.717, 1.165) is 0 Å². The number of aliphatic hydroxyl groups is 1. The number of hydrogen-bond donors (Lipinski definition) is 1. The van der Waals surface area contributed by atoms with E-state index >= 15 is 0 Å². The second kappa shape index (κ2) is 33.1. The number of rotatable bonds is 32. The maximum Gasteiger partial charge on any atom is 0.307 e. The van der Waals surface area contributed by atoms with Gasteiger partial charge in [-0.15, -0.1) is 0 Å². The normalized spacial score (nSPS) is 11.3. The monoisotopic (exact) mass is 544 g/mol. The van der Waals surface area contributed by atoms with Crippen molar-refractivity contribution in [3.63, 3.8) is 0 Å². The Morgan fingerprint density at radius 1 is 0.405 bits per heavy atom. The second-order valence-electron chi connectivity index (χ2n) is 7.17. The Kier molecular flexibility index (Phi) is 32.2. The average Bonchev–Trinajstić information content (AvgIpc) is 2.91. The molecule has 0 saturated carbocycles. The fraction of sp³-hybridized carbons (Fsp3) is 0.958. The van der Waals surface area contributed by atoms with Crippen LogP contribution in [0.4, 0.5) is 0 Å². The largest absolute Gasteiger partial charge is 0.469 e. The molecule has 0 aliphatic rings. The van der Waals surface area contributed by atoms with E-state index in [9.17, 15) is 4.79 Å². The number of carbonyl (C=O) groups excluding carboxylic acids is 1. The molecule has 0 aliphatic heterocycles. The number of carbonyl (C=O) groups is 1. The minimum atomic E-state index is -0.286. The van der Waals surface area contributed by atoms with E-state index in [-0.39, 0.29) is 19.0 Å². The molecule has 0 atom stereocenters. The number of aliphatic hydroxyl groups excluding tert-OH is 1. The molecule has 13 heteroatoms. The van der Waals surface area contributed by atoms with Crippen LogP contribution in [0.15, 0.2) is 0 Å². The lowest BCUT2D eigenvalue weighted by atomic mass is 10.5. The van der Waals surface area contributed by atoms with Gasteiger partial charge in [-0.2, -0.15) is 0 Å². The number of hydrogen-bond acceptors (Lipinski definition) is 13. The summed E-state index contributed by atoms with van der Waals surface area (Å²) in [5, 5.41) is 8.55. The average molecular weight is 545 g/mol. The zero-order valence-electron chi connectivity index (χ0n) is 22.4. The van der Waals surface area contributed by atoms with Crippen LogP contribution in [0.2, 0.25) is 0 Å². The van der Waals surface area contributed by atoms with Crippen LogP contribution in [0.5, 0.6) is 0 Å². The molecule has 0 saturated heterocycles. The van der Waals surface area contributed by atoms with E-state index in [1.54, 1.807) is 0 Å². The molecular weight excluding hydrogens is 496 g/mol. The zero-order valence-corrected chi connectivity index (χ0v) is 22.4. The summed E-state index contributed by atoms with van der Waals surface area (Å²) in [6, 6.07) is 0. The molecule has 0 spiro atoms. The van der Waals surface area contributed by atoms with Gasteiger partial charge in [-0.3, -0.25) is 4.79 Å². The third-order valence-corrected chi connectivity index (χ3v) is 4.26. The minimum absolute atomic E-state index is 0.0236. The molecule has 0 aliphatic carbocycles. The summed E-state index contributed by atoms with van der Waals surface area (Å²) >= 11 is 0. The first-order valence-corrected chi connectivity index (χ1v) is 12.8. The lowest BCUT2D eigenvalue weighted by Gasteiger charge is -2.09. The Morgan fingerprint density at radius 3 is 0.838 bits per heavy atom. The van der Waals surface area contributed by atoms with Gasteiger partial charge in [-0.1, -0.05) is 0 Å². The van der Waals surface area contributed by atoms with Gasteiger partial charge in [0, 0.05) is 0 Å². The highest BCUT2D eigenvalue weighted by Gasteiger charge is 1.99. The molecular formula is C24H48O13. The molecule has 0 amide bonds. The molecule has 0 rings (SSSR count). The van der Waals surface area contributed by atoms with Crippen LogP contribution in [0.25, 0.3) is 0 Å². The highest BCUT2D eigenvalue weighted by atomic mass is 16.6. The Balaban J connectivity index is 3.03. The fourth-order valence-electron chi connectivity index (χ4n) is 2.40. The van der Waals surface area contributed by atoms with Crippen molar-refractivity contribution in [1.29, 1.82) is 0 Å². The Bertz CT molecular complexity index is 443. The minimum Gasteiger partial charge on any atom is -0.469 e. The number of esters is 1. The summed E-state index contributed by atoms with van der Waals surface area (Å²) < 4.78 is 58.0.